The van der Waals surface area contributed by atoms with E-state index in [4.69, 9.17) is 0 Å². The predicted octanol–water partition coefficient (Wildman–Crippen LogP) is 2.77. The molecule has 3 heteroatoms. The van der Waals surface area contributed by atoms with Gasteiger partial charge in [-0.2, -0.15) is 0 Å². The molecule has 64 valence electrons. The van der Waals surface area contributed by atoms with Crippen LogP contribution in [0.1, 0.15) is 6.42 Å². The summed E-state index contributed by atoms with van der Waals surface area (Å²) >= 11 is 3.41. The Morgan fingerprint density at radius 1 is 1.64 bits per heavy atom. The molecule has 0 aliphatic carbocycles. The van der Waals surface area contributed by atoms with E-state index in [1.807, 2.05) is 0 Å². The molecule has 0 spiro atoms. The smallest absolute Gasteiger partial charge is 0.0356 e. The molecule has 1 nitrogen and oxygen atoms in total. The number of hydrogen-bond acceptors (Lipinski definition) is 1. The first-order valence-corrected chi connectivity index (χ1v) is 4.58. The number of rotatable bonds is 2. The largest absolute Gasteiger partial charge is 0.377 e. The third-order valence-electron chi connectivity index (χ3n) is 1.57. The van der Waals surface area contributed by atoms with Gasteiger partial charge in [-0.15, -0.1) is 24.0 Å². The Balaban J connectivity index is 0.000001000. The highest BCUT2D eigenvalue weighted by Gasteiger charge is 1.97. The van der Waals surface area contributed by atoms with Gasteiger partial charge in [0.25, 0.3) is 0 Å². The maximum absolute atomic E-state index is 3.41. The van der Waals surface area contributed by atoms with Crippen molar-refractivity contribution < 1.29 is 0 Å². The molecule has 1 aliphatic heterocycles. The number of allylic oxidation sites excluding steroid dienone is 2. The van der Waals surface area contributed by atoms with E-state index in [9.17, 15) is 0 Å². The molecule has 0 unspecified atom stereocenters. The topological polar surface area (TPSA) is 3.24 Å². The zero-order valence-electron chi connectivity index (χ0n) is 6.59. The molecule has 0 atom stereocenters. The summed E-state index contributed by atoms with van der Waals surface area (Å²) in [5.74, 6) is 0. The Labute approximate surface area is 93.7 Å². The van der Waals surface area contributed by atoms with Crippen LogP contribution in [-0.4, -0.2) is 23.8 Å². The van der Waals surface area contributed by atoms with Gasteiger partial charge in [0.2, 0.25) is 0 Å². The van der Waals surface area contributed by atoms with E-state index in [0.717, 1.165) is 18.3 Å². The number of hydrogen-bond donors (Lipinski definition) is 0. The summed E-state index contributed by atoms with van der Waals surface area (Å²) in [5, 5.41) is 1.06. The highest BCUT2D eigenvalue weighted by molar-refractivity contribution is 14.0. The molecule has 0 saturated carbocycles. The SMILES string of the molecule is CN1C=CC(CCBr)=CC1.I. The van der Waals surface area contributed by atoms with Gasteiger partial charge < -0.3 is 4.90 Å². The summed E-state index contributed by atoms with van der Waals surface area (Å²) in [6.07, 6.45) is 7.70. The molecule has 1 rings (SSSR count). The summed E-state index contributed by atoms with van der Waals surface area (Å²) in [6.45, 7) is 1.05. The zero-order valence-corrected chi connectivity index (χ0v) is 10.5. The third kappa shape index (κ3) is 4.15. The minimum absolute atomic E-state index is 0. The van der Waals surface area contributed by atoms with Crippen LogP contribution in [-0.2, 0) is 0 Å². The van der Waals surface area contributed by atoms with Crippen LogP contribution in [0.3, 0.4) is 0 Å². The summed E-state index contributed by atoms with van der Waals surface area (Å²) in [4.78, 5) is 2.16. The van der Waals surface area contributed by atoms with E-state index in [-0.39, 0.29) is 24.0 Å². The van der Waals surface area contributed by atoms with Gasteiger partial charge in [0.1, 0.15) is 0 Å². The minimum atomic E-state index is 0. The Bertz CT molecular complexity index is 165. The van der Waals surface area contributed by atoms with Crippen LogP contribution in [0.15, 0.2) is 23.9 Å². The van der Waals surface area contributed by atoms with Crippen molar-refractivity contribution in [2.45, 2.75) is 6.42 Å². The fraction of sp³-hybridized carbons (Fsp3) is 0.500. The fourth-order valence-electron chi connectivity index (χ4n) is 0.908. The van der Waals surface area contributed by atoms with E-state index in [0.29, 0.717) is 0 Å². The summed E-state index contributed by atoms with van der Waals surface area (Å²) in [7, 11) is 2.08. The maximum atomic E-state index is 3.41. The van der Waals surface area contributed by atoms with Gasteiger partial charge in [0.15, 0.2) is 0 Å². The van der Waals surface area contributed by atoms with Crippen LogP contribution in [0.5, 0.6) is 0 Å². The van der Waals surface area contributed by atoms with Gasteiger partial charge in [-0.3, -0.25) is 0 Å². The standard InChI is InChI=1S/C8H12BrN.HI/c1-10-6-3-8(2-5-9)4-7-10;/h3-4,6H,2,5,7H2,1H3;1H. The summed E-state index contributed by atoms with van der Waals surface area (Å²) in [5.41, 5.74) is 1.44. The van der Waals surface area contributed by atoms with Crippen LogP contribution in [0.4, 0.5) is 0 Å². The van der Waals surface area contributed by atoms with Gasteiger partial charge in [-0.25, -0.2) is 0 Å². The first-order valence-electron chi connectivity index (χ1n) is 3.46. The number of nitrogens with zero attached hydrogens (tertiary/aromatic N) is 1. The van der Waals surface area contributed by atoms with Crippen molar-refractivity contribution in [2.24, 2.45) is 0 Å². The van der Waals surface area contributed by atoms with E-state index in [1.54, 1.807) is 0 Å². The Morgan fingerprint density at radius 3 is 2.82 bits per heavy atom. The second kappa shape index (κ2) is 6.06. The van der Waals surface area contributed by atoms with Gasteiger partial charge >= 0.3 is 0 Å². The van der Waals surface area contributed by atoms with Crippen molar-refractivity contribution in [3.05, 3.63) is 23.9 Å². The average molecular weight is 330 g/mol. The van der Waals surface area contributed by atoms with Crippen molar-refractivity contribution in [3.8, 4) is 0 Å². The Morgan fingerprint density at radius 2 is 2.36 bits per heavy atom. The predicted molar refractivity (Wildman–Crippen MR) is 63.7 cm³/mol. The van der Waals surface area contributed by atoms with Crippen LogP contribution in [0.25, 0.3) is 0 Å². The van der Waals surface area contributed by atoms with Crippen LogP contribution in [0.2, 0.25) is 0 Å². The highest BCUT2D eigenvalue weighted by Crippen LogP contribution is 2.10. The lowest BCUT2D eigenvalue weighted by atomic mass is 10.1. The number of halogens is 2. The van der Waals surface area contributed by atoms with Crippen molar-refractivity contribution in [2.75, 3.05) is 18.9 Å². The summed E-state index contributed by atoms with van der Waals surface area (Å²) in [6, 6.07) is 0. The molecule has 0 fully saturated rings. The van der Waals surface area contributed by atoms with Gasteiger partial charge in [0, 0.05) is 18.9 Å². The molecule has 0 aromatic rings. The van der Waals surface area contributed by atoms with Gasteiger partial charge in [0.05, 0.1) is 0 Å². The van der Waals surface area contributed by atoms with Crippen molar-refractivity contribution in [1.82, 2.24) is 4.90 Å². The molecule has 0 radical (unpaired) electrons. The Kier molecular flexibility index (Phi) is 6.33. The van der Waals surface area contributed by atoms with Crippen molar-refractivity contribution >= 4 is 39.9 Å². The van der Waals surface area contributed by atoms with E-state index < -0.39 is 0 Å². The monoisotopic (exact) mass is 329 g/mol. The van der Waals surface area contributed by atoms with Crippen LogP contribution in [0, 0.1) is 0 Å². The second-order valence-electron chi connectivity index (χ2n) is 2.47. The van der Waals surface area contributed by atoms with Crippen LogP contribution < -0.4 is 0 Å². The molecule has 0 aromatic carbocycles. The lowest BCUT2D eigenvalue weighted by molar-refractivity contribution is 0.501. The minimum Gasteiger partial charge on any atom is -0.377 e. The van der Waals surface area contributed by atoms with E-state index in [2.05, 4.69) is 46.2 Å². The van der Waals surface area contributed by atoms with Gasteiger partial charge in [-0.05, 0) is 24.3 Å². The first-order chi connectivity index (χ1) is 4.83. The molecular formula is C8H13BrIN. The lowest BCUT2D eigenvalue weighted by Gasteiger charge is -2.16. The lowest BCUT2D eigenvalue weighted by Crippen LogP contribution is -2.13. The average Bonchev–Trinajstić information content (AvgIpc) is 1.95. The maximum Gasteiger partial charge on any atom is 0.0356 e. The molecule has 0 saturated heterocycles. The molecular weight excluding hydrogens is 317 g/mol. The van der Waals surface area contributed by atoms with Crippen molar-refractivity contribution in [1.29, 1.82) is 0 Å². The third-order valence-corrected chi connectivity index (χ3v) is 1.96. The molecule has 1 aliphatic rings. The first kappa shape index (κ1) is 11.5. The number of alkyl halides is 1. The molecule has 0 amide bonds. The van der Waals surface area contributed by atoms with E-state index in [1.165, 1.54) is 5.57 Å². The molecule has 11 heavy (non-hydrogen) atoms. The molecule has 0 bridgehead atoms. The van der Waals surface area contributed by atoms with Crippen LogP contribution >= 0.6 is 39.9 Å². The van der Waals surface area contributed by atoms with Crippen molar-refractivity contribution in [3.63, 3.8) is 0 Å². The molecule has 0 aromatic heterocycles. The molecule has 0 N–H and O–H groups in total. The second-order valence-corrected chi connectivity index (χ2v) is 3.27. The number of likely N-dealkylation sites (N-methyl/N-ethyl adjacent to an activating group) is 1. The quantitative estimate of drug-likeness (QED) is 0.556. The fourth-order valence-corrected chi connectivity index (χ4v) is 1.37. The normalized spacial score (nSPS) is 15.8. The highest BCUT2D eigenvalue weighted by atomic mass is 127. The zero-order chi connectivity index (χ0) is 7.40. The Hall–Kier alpha value is 0.490. The molecule has 1 heterocycles. The van der Waals surface area contributed by atoms with Gasteiger partial charge in [-0.1, -0.05) is 22.0 Å². The van der Waals surface area contributed by atoms with E-state index >= 15 is 0 Å². The summed E-state index contributed by atoms with van der Waals surface area (Å²) < 4.78 is 0.